The number of aliphatic carboxylic acids is 1. The highest BCUT2D eigenvalue weighted by Gasteiger charge is 2.35. The standard InChI is InChI=1S/C16H14ClF3N2O4.C12H9F2N5O2S.C3H8NO5P.C3H9S/c1-8(2)26-14(24)10-6-9(4-5-11(10)17)22-13(23)7-12(16(18,19)20)21(3)15(22)25;1-7-5-6-19-11(15-7)16-12(17-19)22(20,21)18-10-8(13)3-2-4-9(10)14;5-3(6)1-4-2-10(7,8)9;1-4(2)3/h4-8H,1-3H3;2-6,18H,1H3;4H,1-2H2,(H,5,6)(H2,7,8,9);1-3H3/q;;;+1/p-1. The van der Waals surface area contributed by atoms with Crippen molar-refractivity contribution in [3.05, 3.63) is 109 Å². The molecule has 3 heterocycles. The Morgan fingerprint density at radius 1 is 1.05 bits per heavy atom. The van der Waals surface area contributed by atoms with Gasteiger partial charge in [0.05, 0.1) is 54.0 Å². The van der Waals surface area contributed by atoms with Gasteiger partial charge < -0.3 is 24.2 Å². The topological polar surface area (TPSA) is 269 Å². The minimum Gasteiger partial charge on any atom is -0.778 e. The highest BCUT2D eigenvalue weighted by molar-refractivity contribution is 7.94. The fourth-order valence-electron chi connectivity index (χ4n) is 4.26. The third-order valence-electron chi connectivity index (χ3n) is 6.74. The van der Waals surface area contributed by atoms with Gasteiger partial charge in [0.2, 0.25) is 0 Å². The molecule has 340 valence electrons. The Morgan fingerprint density at radius 3 is 2.15 bits per heavy atom. The van der Waals surface area contributed by atoms with Gasteiger partial charge in [-0.15, -0.1) is 5.10 Å². The zero-order valence-corrected chi connectivity index (χ0v) is 36.8. The van der Waals surface area contributed by atoms with Crippen LogP contribution in [0.1, 0.15) is 35.6 Å². The minimum absolute atomic E-state index is 0.0104. The number of esters is 1. The van der Waals surface area contributed by atoms with Crippen molar-refractivity contribution in [3.8, 4) is 5.69 Å². The quantitative estimate of drug-likeness (QED) is 0.0679. The number of hydrogen-bond donors (Lipinski definition) is 4. The number of carbonyl (C=O) groups is 2. The molecule has 0 bridgehead atoms. The number of aryl methyl sites for hydroxylation is 1. The highest BCUT2D eigenvalue weighted by Crippen LogP contribution is 2.28. The van der Waals surface area contributed by atoms with Crippen molar-refractivity contribution < 1.29 is 64.2 Å². The molecule has 0 aliphatic rings. The molecule has 4 N–H and O–H groups in total. The van der Waals surface area contributed by atoms with Crippen molar-refractivity contribution >= 4 is 63.5 Å². The second kappa shape index (κ2) is 22.2. The number of alkyl halides is 3. The van der Waals surface area contributed by atoms with Crippen LogP contribution in [0.2, 0.25) is 5.02 Å². The maximum Gasteiger partial charge on any atom is 0.431 e. The van der Waals surface area contributed by atoms with E-state index in [1.54, 1.807) is 31.6 Å². The second-order valence-electron chi connectivity index (χ2n) is 12.9. The van der Waals surface area contributed by atoms with Crippen molar-refractivity contribution in [1.82, 2.24) is 34.0 Å². The van der Waals surface area contributed by atoms with Crippen molar-refractivity contribution in [2.75, 3.05) is 36.3 Å². The number of hydrogen-bond acceptors (Lipinski definition) is 13. The Labute approximate surface area is 357 Å². The highest BCUT2D eigenvalue weighted by atomic mass is 35.5. The average Bonchev–Trinajstić information content (AvgIpc) is 3.55. The lowest BCUT2D eigenvalue weighted by Crippen LogP contribution is -2.40. The minimum atomic E-state index is -4.86. The number of benzene rings is 2. The zero-order chi connectivity index (χ0) is 47.5. The lowest BCUT2D eigenvalue weighted by atomic mass is 10.2. The molecule has 3 aromatic heterocycles. The van der Waals surface area contributed by atoms with Crippen LogP contribution in [0.25, 0.3) is 11.5 Å². The molecule has 0 radical (unpaired) electrons. The molecule has 0 saturated heterocycles. The molecule has 0 aliphatic carbocycles. The Balaban J connectivity index is 0.000000331. The van der Waals surface area contributed by atoms with Crippen LogP contribution in [0, 0.1) is 18.6 Å². The maximum absolute atomic E-state index is 13.5. The number of carboxylic acid groups (broad SMARTS) is 1. The van der Waals surface area contributed by atoms with Crippen molar-refractivity contribution in [1.29, 1.82) is 0 Å². The summed E-state index contributed by atoms with van der Waals surface area (Å²) < 4.78 is 109. The Kier molecular flexibility index (Phi) is 19.0. The summed E-state index contributed by atoms with van der Waals surface area (Å²) in [6, 6.07) is 8.51. The average molecular weight is 961 g/mol. The summed E-state index contributed by atoms with van der Waals surface area (Å²) in [4.78, 5) is 72.0. The van der Waals surface area contributed by atoms with Gasteiger partial charge >= 0.3 is 23.8 Å². The Bertz CT molecular complexity index is 2650. The van der Waals surface area contributed by atoms with Crippen LogP contribution in [0.5, 0.6) is 0 Å². The van der Waals surface area contributed by atoms with Crippen LogP contribution in [0.3, 0.4) is 0 Å². The number of fused-ring (bicyclic) bond motifs is 1. The zero-order valence-electron chi connectivity index (χ0n) is 33.5. The van der Waals surface area contributed by atoms with Gasteiger partial charge in [-0.2, -0.15) is 26.6 Å². The molecule has 0 fully saturated rings. The molecule has 0 saturated carbocycles. The summed E-state index contributed by atoms with van der Waals surface area (Å²) in [5.41, 5.74) is -4.17. The third kappa shape index (κ3) is 16.2. The molecule has 62 heavy (non-hydrogen) atoms. The van der Waals surface area contributed by atoms with Gasteiger partial charge in [-0.1, -0.05) is 17.7 Å². The van der Waals surface area contributed by atoms with E-state index in [9.17, 15) is 59.0 Å². The normalized spacial score (nSPS) is 12.3. The summed E-state index contributed by atoms with van der Waals surface area (Å²) >= 11 is 5.94. The van der Waals surface area contributed by atoms with Crippen LogP contribution in [0.15, 0.2) is 69.5 Å². The van der Waals surface area contributed by atoms with E-state index >= 15 is 0 Å². The van der Waals surface area contributed by atoms with E-state index in [0.717, 1.165) is 35.8 Å². The molecule has 0 spiro atoms. The molecule has 5 rings (SSSR count). The van der Waals surface area contributed by atoms with Gasteiger partial charge in [0.1, 0.15) is 30.6 Å². The predicted molar refractivity (Wildman–Crippen MR) is 216 cm³/mol. The van der Waals surface area contributed by atoms with E-state index < -0.39 is 94.1 Å². The lowest BCUT2D eigenvalue weighted by Gasteiger charge is -2.15. The SMILES string of the molecule is CC(C)OC(=O)c1cc(-n2c(=O)cc(C(F)(F)F)n(C)c2=O)ccc1Cl.C[S+](C)C.Cc1ccn2nc(S(=O)(=O)Nc3c(F)cccc3F)nc2n1.O=C(O)CNCP(=O)([O-])O. The van der Waals surface area contributed by atoms with E-state index in [2.05, 4.69) is 33.8 Å². The maximum atomic E-state index is 13.5. The van der Waals surface area contributed by atoms with Gasteiger partial charge in [-0.05, 0) is 68.1 Å². The molecule has 5 aromatic rings. The molecular weight excluding hydrogens is 922 g/mol. The van der Waals surface area contributed by atoms with Crippen LogP contribution < -0.4 is 26.2 Å². The van der Waals surface area contributed by atoms with Crippen LogP contribution in [-0.4, -0.2) is 96.8 Å². The summed E-state index contributed by atoms with van der Waals surface area (Å²) in [7, 11) is -7.16. The van der Waals surface area contributed by atoms with Crippen LogP contribution >= 0.6 is 19.2 Å². The van der Waals surface area contributed by atoms with E-state index in [-0.39, 0.29) is 22.1 Å². The second-order valence-corrected chi connectivity index (χ2v) is 18.9. The number of anilines is 1. The third-order valence-corrected chi connectivity index (χ3v) is 8.82. The summed E-state index contributed by atoms with van der Waals surface area (Å²) in [5, 5.41) is 13.1. The Hall–Kier alpha value is -5.24. The van der Waals surface area contributed by atoms with Crippen LogP contribution in [-0.2, 0) is 48.2 Å². The molecular formula is C34H39ClF5N8O11PS2. The molecule has 2 aromatic carbocycles. The van der Waals surface area contributed by atoms with Crippen molar-refractivity contribution in [2.45, 2.75) is 38.2 Å². The number of carboxylic acids is 1. The molecule has 19 nitrogen and oxygen atoms in total. The fourth-order valence-corrected chi connectivity index (χ4v) is 5.80. The first-order valence-electron chi connectivity index (χ1n) is 17.0. The van der Waals surface area contributed by atoms with Gasteiger partial charge in [-0.3, -0.25) is 24.2 Å². The lowest BCUT2D eigenvalue weighted by molar-refractivity contribution is -0.193. The van der Waals surface area contributed by atoms with E-state index in [4.69, 9.17) is 26.3 Å². The number of nitrogens with one attached hydrogen (secondary N) is 2. The van der Waals surface area contributed by atoms with Crippen molar-refractivity contribution in [2.24, 2.45) is 7.05 Å². The summed E-state index contributed by atoms with van der Waals surface area (Å²) in [6.07, 6.45) is 2.05. The number of ether oxygens (including phenoxy) is 1. The van der Waals surface area contributed by atoms with Crippen molar-refractivity contribution in [3.63, 3.8) is 0 Å². The number of sulfonamides is 1. The van der Waals surface area contributed by atoms with E-state index in [1.807, 2.05) is 5.32 Å². The van der Waals surface area contributed by atoms with Gasteiger partial charge in [-0.25, -0.2) is 32.4 Å². The fraction of sp³-hybridized carbons (Fsp3) is 0.324. The number of aromatic nitrogens is 6. The molecule has 0 aliphatic heterocycles. The first kappa shape index (κ1) is 52.9. The number of halogens is 6. The number of para-hydroxylation sites is 1. The van der Waals surface area contributed by atoms with Gasteiger partial charge in [0, 0.05) is 25.0 Å². The molecule has 1 unspecified atom stereocenters. The molecule has 28 heteroatoms. The summed E-state index contributed by atoms with van der Waals surface area (Å²) in [5.74, 6) is -3.98. The summed E-state index contributed by atoms with van der Waals surface area (Å²) in [6.45, 7) is 4.46. The number of carbonyl (C=O) groups excluding carboxylic acids is 1. The molecule has 1 atom stereocenters. The van der Waals surface area contributed by atoms with Crippen LogP contribution in [0.4, 0.5) is 27.6 Å². The predicted octanol–water partition coefficient (Wildman–Crippen LogP) is 2.94. The smallest absolute Gasteiger partial charge is 0.431 e. The monoisotopic (exact) mass is 960 g/mol. The Morgan fingerprint density at radius 2 is 1.63 bits per heavy atom. The van der Waals surface area contributed by atoms with Gasteiger partial charge in [0.15, 0.2) is 0 Å². The first-order valence-corrected chi connectivity index (χ1v) is 23.0. The number of nitrogens with zero attached hydrogens (tertiary/aromatic N) is 6. The first-order chi connectivity index (χ1) is 28.4. The molecule has 0 amide bonds. The van der Waals surface area contributed by atoms with Gasteiger partial charge in [0.25, 0.3) is 26.5 Å². The van der Waals surface area contributed by atoms with E-state index in [0.29, 0.717) is 31.8 Å². The van der Waals surface area contributed by atoms with E-state index in [1.165, 1.54) is 18.3 Å². The largest absolute Gasteiger partial charge is 0.778 e. The number of rotatable bonds is 10.